The van der Waals surface area contributed by atoms with Crippen LogP contribution in [0.15, 0.2) is 11.3 Å². The van der Waals surface area contributed by atoms with Crippen LogP contribution in [0.4, 0.5) is 0 Å². The highest BCUT2D eigenvalue weighted by Crippen LogP contribution is 2.33. The van der Waals surface area contributed by atoms with Crippen LogP contribution in [0.5, 0.6) is 0 Å². The van der Waals surface area contributed by atoms with E-state index in [1.54, 1.807) is 0 Å². The van der Waals surface area contributed by atoms with Crippen LogP contribution in [0, 0.1) is 17.8 Å². The zero-order chi connectivity index (χ0) is 14.6. The molecular weight excluding hydrogens is 240 g/mol. The Hall–Kier alpha value is -1.12. The minimum atomic E-state index is -0.178. The molecule has 0 aromatic carbocycles. The SMILES string of the molecule is CC(C)CCC(=O)C1=C(O)[C@@H](CCC(C)C)CC1=O. The lowest BCUT2D eigenvalue weighted by Gasteiger charge is -2.11. The van der Waals surface area contributed by atoms with Crippen LogP contribution in [0.2, 0.25) is 0 Å². The van der Waals surface area contributed by atoms with E-state index in [1.807, 2.05) is 13.8 Å². The van der Waals surface area contributed by atoms with E-state index in [-0.39, 0.29) is 28.8 Å². The summed E-state index contributed by atoms with van der Waals surface area (Å²) in [6, 6.07) is 0. The normalized spacial score (nSPS) is 19.9. The van der Waals surface area contributed by atoms with Crippen molar-refractivity contribution in [2.45, 2.75) is 59.8 Å². The average Bonchev–Trinajstić information content (AvgIpc) is 2.58. The highest BCUT2D eigenvalue weighted by atomic mass is 16.3. The van der Waals surface area contributed by atoms with Crippen LogP contribution < -0.4 is 0 Å². The minimum Gasteiger partial charge on any atom is -0.511 e. The van der Waals surface area contributed by atoms with Gasteiger partial charge in [0.1, 0.15) is 5.76 Å². The molecule has 0 saturated heterocycles. The van der Waals surface area contributed by atoms with E-state index in [1.165, 1.54) is 0 Å². The fraction of sp³-hybridized carbons (Fsp3) is 0.750. The Morgan fingerprint density at radius 3 is 2.32 bits per heavy atom. The van der Waals surface area contributed by atoms with Crippen molar-refractivity contribution in [1.82, 2.24) is 0 Å². The van der Waals surface area contributed by atoms with Crippen molar-refractivity contribution in [3.63, 3.8) is 0 Å². The van der Waals surface area contributed by atoms with Gasteiger partial charge in [-0.1, -0.05) is 34.1 Å². The van der Waals surface area contributed by atoms with E-state index in [2.05, 4.69) is 13.8 Å². The Kier molecular flexibility index (Phi) is 5.77. The van der Waals surface area contributed by atoms with Gasteiger partial charge in [-0.2, -0.15) is 0 Å². The van der Waals surface area contributed by atoms with Crippen LogP contribution in [-0.2, 0) is 9.59 Å². The highest BCUT2D eigenvalue weighted by molar-refractivity contribution is 6.22. The summed E-state index contributed by atoms with van der Waals surface area (Å²) in [4.78, 5) is 23.9. The average molecular weight is 266 g/mol. The van der Waals surface area contributed by atoms with E-state index in [0.717, 1.165) is 19.3 Å². The first-order valence-electron chi connectivity index (χ1n) is 7.32. The molecule has 0 bridgehead atoms. The predicted molar refractivity (Wildman–Crippen MR) is 75.9 cm³/mol. The Labute approximate surface area is 116 Å². The zero-order valence-corrected chi connectivity index (χ0v) is 12.5. The molecule has 0 spiro atoms. The minimum absolute atomic E-state index is 0.0550. The lowest BCUT2D eigenvalue weighted by molar-refractivity contribution is -0.121. The van der Waals surface area contributed by atoms with E-state index < -0.39 is 0 Å². The second-order valence-corrected chi connectivity index (χ2v) is 6.41. The van der Waals surface area contributed by atoms with Crippen molar-refractivity contribution >= 4 is 11.6 Å². The van der Waals surface area contributed by atoms with Crippen LogP contribution in [0.1, 0.15) is 59.8 Å². The standard InChI is InChI=1S/C16H26O3/c1-10(2)5-7-12-9-14(18)15(16(12)19)13(17)8-6-11(3)4/h10-12,19H,5-9H2,1-4H3/t12-/m0/s1. The zero-order valence-electron chi connectivity index (χ0n) is 12.5. The molecule has 19 heavy (non-hydrogen) atoms. The first kappa shape index (κ1) is 15.9. The molecule has 0 heterocycles. The third-order valence-electron chi connectivity index (χ3n) is 3.67. The maximum Gasteiger partial charge on any atom is 0.170 e. The quantitative estimate of drug-likeness (QED) is 0.712. The van der Waals surface area contributed by atoms with Gasteiger partial charge in [0.15, 0.2) is 11.6 Å². The van der Waals surface area contributed by atoms with E-state index in [4.69, 9.17) is 0 Å². The van der Waals surface area contributed by atoms with Crippen LogP contribution in [0.25, 0.3) is 0 Å². The summed E-state index contributed by atoms with van der Waals surface area (Å²) in [7, 11) is 0. The molecule has 0 unspecified atom stereocenters. The summed E-state index contributed by atoms with van der Waals surface area (Å²) >= 11 is 0. The van der Waals surface area contributed by atoms with Crippen LogP contribution in [-0.4, -0.2) is 16.7 Å². The summed E-state index contributed by atoms with van der Waals surface area (Å²) in [6.45, 7) is 8.32. The van der Waals surface area contributed by atoms with Gasteiger partial charge in [0.25, 0.3) is 0 Å². The third-order valence-corrected chi connectivity index (χ3v) is 3.67. The monoisotopic (exact) mass is 266 g/mol. The third kappa shape index (κ3) is 4.48. The van der Waals surface area contributed by atoms with E-state index in [9.17, 15) is 14.7 Å². The molecule has 1 rings (SSSR count). The van der Waals surface area contributed by atoms with Gasteiger partial charge >= 0.3 is 0 Å². The Morgan fingerprint density at radius 2 is 1.79 bits per heavy atom. The molecule has 3 heteroatoms. The number of hydrogen-bond acceptors (Lipinski definition) is 3. The van der Waals surface area contributed by atoms with Gasteiger partial charge in [0.2, 0.25) is 0 Å². The van der Waals surface area contributed by atoms with Gasteiger partial charge in [-0.15, -0.1) is 0 Å². The summed E-state index contributed by atoms with van der Waals surface area (Å²) in [5, 5.41) is 10.1. The molecule has 0 amide bonds. The lowest BCUT2D eigenvalue weighted by atomic mass is 9.96. The Morgan fingerprint density at radius 1 is 1.21 bits per heavy atom. The fourth-order valence-corrected chi connectivity index (χ4v) is 2.39. The van der Waals surface area contributed by atoms with Gasteiger partial charge in [-0.3, -0.25) is 9.59 Å². The number of hydrogen-bond donors (Lipinski definition) is 1. The fourth-order valence-electron chi connectivity index (χ4n) is 2.39. The molecule has 0 aromatic heterocycles. The number of ketones is 2. The van der Waals surface area contributed by atoms with Gasteiger partial charge in [0.05, 0.1) is 5.57 Å². The molecule has 1 atom stereocenters. The number of rotatable bonds is 7. The summed E-state index contributed by atoms with van der Waals surface area (Å²) in [5.41, 5.74) is 0.0920. The smallest absolute Gasteiger partial charge is 0.170 e. The number of aliphatic hydroxyl groups is 1. The number of carbonyl (C=O) groups is 2. The van der Waals surface area contributed by atoms with Crippen molar-refractivity contribution in [3.05, 3.63) is 11.3 Å². The van der Waals surface area contributed by atoms with Crippen LogP contribution in [0.3, 0.4) is 0 Å². The van der Waals surface area contributed by atoms with E-state index >= 15 is 0 Å². The molecule has 0 aromatic rings. The van der Waals surface area contributed by atoms with Crippen molar-refractivity contribution in [1.29, 1.82) is 0 Å². The first-order valence-corrected chi connectivity index (χ1v) is 7.32. The molecule has 0 radical (unpaired) electrons. The summed E-state index contributed by atoms with van der Waals surface area (Å²) in [6.07, 6.45) is 3.19. The molecule has 1 aliphatic carbocycles. The molecule has 108 valence electrons. The molecule has 1 N–H and O–H groups in total. The van der Waals surface area contributed by atoms with E-state index in [0.29, 0.717) is 24.7 Å². The molecule has 0 fully saturated rings. The summed E-state index contributed by atoms with van der Waals surface area (Å²) in [5.74, 6) is 0.555. The second-order valence-electron chi connectivity index (χ2n) is 6.41. The molecular formula is C16H26O3. The van der Waals surface area contributed by atoms with Crippen molar-refractivity contribution in [2.24, 2.45) is 17.8 Å². The number of carbonyl (C=O) groups excluding carboxylic acids is 2. The van der Waals surface area contributed by atoms with Crippen LogP contribution >= 0.6 is 0 Å². The number of allylic oxidation sites excluding steroid dienone is 2. The van der Waals surface area contributed by atoms with Gasteiger partial charge < -0.3 is 5.11 Å². The van der Waals surface area contributed by atoms with Gasteiger partial charge in [-0.25, -0.2) is 0 Å². The second kappa shape index (κ2) is 6.88. The largest absolute Gasteiger partial charge is 0.511 e. The molecule has 3 nitrogen and oxygen atoms in total. The molecule has 0 aliphatic heterocycles. The topological polar surface area (TPSA) is 54.4 Å². The van der Waals surface area contributed by atoms with Crippen molar-refractivity contribution in [2.75, 3.05) is 0 Å². The molecule has 1 aliphatic rings. The number of Topliss-reactive ketones (excluding diaryl/α,β-unsaturated/α-hetero) is 2. The Balaban J connectivity index is 2.69. The van der Waals surface area contributed by atoms with Gasteiger partial charge in [0, 0.05) is 18.8 Å². The van der Waals surface area contributed by atoms with Crippen molar-refractivity contribution < 1.29 is 14.7 Å². The highest BCUT2D eigenvalue weighted by Gasteiger charge is 2.35. The number of aliphatic hydroxyl groups excluding tert-OH is 1. The Bertz CT molecular complexity index is 377. The van der Waals surface area contributed by atoms with Gasteiger partial charge in [-0.05, 0) is 24.7 Å². The first-order chi connectivity index (χ1) is 8.82. The lowest BCUT2D eigenvalue weighted by Crippen LogP contribution is -2.10. The predicted octanol–water partition coefficient (Wildman–Crippen LogP) is 3.83. The summed E-state index contributed by atoms with van der Waals surface area (Å²) < 4.78 is 0. The molecule has 0 saturated carbocycles. The maximum atomic E-state index is 12.0. The maximum absolute atomic E-state index is 12.0. The van der Waals surface area contributed by atoms with Crippen molar-refractivity contribution in [3.8, 4) is 0 Å².